The van der Waals surface area contributed by atoms with Gasteiger partial charge in [0.25, 0.3) is 0 Å². The summed E-state index contributed by atoms with van der Waals surface area (Å²) in [7, 11) is 0. The molecule has 1 unspecified atom stereocenters. The van der Waals surface area contributed by atoms with E-state index >= 15 is 0 Å². The number of hydrogen-bond donors (Lipinski definition) is 0. The van der Waals surface area contributed by atoms with Crippen molar-refractivity contribution >= 4 is 0 Å². The first-order chi connectivity index (χ1) is 8.51. The fraction of sp³-hybridized carbons (Fsp3) is 0.333. The lowest BCUT2D eigenvalue weighted by atomic mass is 9.55. The summed E-state index contributed by atoms with van der Waals surface area (Å²) >= 11 is 0. The van der Waals surface area contributed by atoms with Crippen molar-refractivity contribution in [2.75, 3.05) is 0 Å². The fourth-order valence-electron chi connectivity index (χ4n) is 3.18. The predicted octanol–water partition coefficient (Wildman–Crippen LogP) is 4.70. The molecule has 0 heteroatoms. The van der Waals surface area contributed by atoms with Crippen LogP contribution in [0.3, 0.4) is 0 Å². The van der Waals surface area contributed by atoms with E-state index in [1.54, 1.807) is 0 Å². The van der Waals surface area contributed by atoms with Gasteiger partial charge in [0.2, 0.25) is 0 Å². The van der Waals surface area contributed by atoms with E-state index in [1.807, 2.05) is 0 Å². The highest BCUT2D eigenvalue weighted by Crippen LogP contribution is 2.56. The minimum absolute atomic E-state index is 0.179. The van der Waals surface area contributed by atoms with Gasteiger partial charge in [-0.1, -0.05) is 74.6 Å². The Bertz CT molecular complexity index is 543. The number of rotatable bonds is 2. The molecule has 2 aliphatic carbocycles. The molecule has 0 aromatic heterocycles. The number of fused-ring (bicyclic) bond motifs is 1. The van der Waals surface area contributed by atoms with Crippen LogP contribution in [0.2, 0.25) is 0 Å². The topological polar surface area (TPSA) is 0 Å². The molecule has 1 aromatic rings. The average Bonchev–Trinajstić information content (AvgIpc) is 2.34. The second-order valence-electron chi connectivity index (χ2n) is 6.31. The third kappa shape index (κ3) is 1.77. The monoisotopic (exact) mass is 236 g/mol. The molecular weight excluding hydrogens is 216 g/mol. The molecular formula is C18H20. The van der Waals surface area contributed by atoms with Crippen LogP contribution in [-0.4, -0.2) is 0 Å². The largest absolute Gasteiger partial charge is 0.0955 e. The molecule has 18 heavy (non-hydrogen) atoms. The molecule has 1 fully saturated rings. The first-order valence-electron chi connectivity index (χ1n) is 6.67. The van der Waals surface area contributed by atoms with E-state index in [1.165, 1.54) is 16.7 Å². The van der Waals surface area contributed by atoms with Gasteiger partial charge in [-0.05, 0) is 24.0 Å². The molecule has 0 nitrogen and oxygen atoms in total. The molecule has 0 spiro atoms. The molecule has 2 aliphatic rings. The van der Waals surface area contributed by atoms with E-state index in [9.17, 15) is 0 Å². The Morgan fingerprint density at radius 3 is 2.50 bits per heavy atom. The number of hydrogen-bond acceptors (Lipinski definition) is 0. The molecule has 1 atom stereocenters. The van der Waals surface area contributed by atoms with Crippen LogP contribution in [-0.2, 0) is 6.42 Å². The predicted molar refractivity (Wildman–Crippen MR) is 77.3 cm³/mol. The minimum Gasteiger partial charge on any atom is -0.0955 e. The van der Waals surface area contributed by atoms with Crippen molar-refractivity contribution in [1.82, 2.24) is 0 Å². The van der Waals surface area contributed by atoms with E-state index in [0.29, 0.717) is 0 Å². The molecule has 0 aliphatic heterocycles. The lowest BCUT2D eigenvalue weighted by Crippen LogP contribution is -2.38. The summed E-state index contributed by atoms with van der Waals surface area (Å²) in [6.45, 7) is 8.71. The maximum absolute atomic E-state index is 4.19. The highest BCUT2D eigenvalue weighted by molar-refractivity contribution is 5.54. The third-order valence-corrected chi connectivity index (χ3v) is 4.16. The van der Waals surface area contributed by atoms with E-state index in [4.69, 9.17) is 0 Å². The van der Waals surface area contributed by atoms with Gasteiger partial charge in [0.1, 0.15) is 0 Å². The lowest BCUT2D eigenvalue weighted by molar-refractivity contribution is 0.365. The molecule has 1 saturated carbocycles. The molecule has 1 aromatic carbocycles. The van der Waals surface area contributed by atoms with Gasteiger partial charge in [-0.15, -0.1) is 0 Å². The first-order valence-corrected chi connectivity index (χ1v) is 6.67. The van der Waals surface area contributed by atoms with Crippen LogP contribution in [0.1, 0.15) is 25.8 Å². The summed E-state index contributed by atoms with van der Waals surface area (Å²) in [4.78, 5) is 0. The van der Waals surface area contributed by atoms with Gasteiger partial charge in [-0.25, -0.2) is 0 Å². The summed E-state index contributed by atoms with van der Waals surface area (Å²) in [5.74, 6) is 0. The molecule has 3 rings (SSSR count). The van der Waals surface area contributed by atoms with Gasteiger partial charge in [-0.3, -0.25) is 0 Å². The molecule has 92 valence electrons. The summed E-state index contributed by atoms with van der Waals surface area (Å²) < 4.78 is 0. The second kappa shape index (κ2) is 3.71. The maximum Gasteiger partial charge on any atom is 0.0212 e. The van der Waals surface area contributed by atoms with Crippen LogP contribution in [0.15, 0.2) is 66.3 Å². The molecule has 0 saturated heterocycles. The SMILES string of the molecule is C=C1CC2(Cc3ccccc3)C=CC(C)(C)C=C12. The van der Waals surface area contributed by atoms with Gasteiger partial charge in [0.05, 0.1) is 0 Å². The average molecular weight is 236 g/mol. The van der Waals surface area contributed by atoms with Crippen LogP contribution in [0, 0.1) is 10.8 Å². The van der Waals surface area contributed by atoms with Crippen LogP contribution in [0.25, 0.3) is 0 Å². The van der Waals surface area contributed by atoms with Crippen molar-refractivity contribution in [3.05, 3.63) is 71.8 Å². The molecule has 0 radical (unpaired) electrons. The maximum atomic E-state index is 4.19. The number of benzene rings is 1. The zero-order chi connectivity index (χ0) is 12.8. The summed E-state index contributed by atoms with van der Waals surface area (Å²) in [6.07, 6.45) is 9.39. The van der Waals surface area contributed by atoms with Crippen molar-refractivity contribution in [3.63, 3.8) is 0 Å². The van der Waals surface area contributed by atoms with E-state index in [-0.39, 0.29) is 10.8 Å². The lowest BCUT2D eigenvalue weighted by Gasteiger charge is -2.49. The van der Waals surface area contributed by atoms with Gasteiger partial charge in [-0.2, -0.15) is 0 Å². The summed E-state index contributed by atoms with van der Waals surface area (Å²) in [6, 6.07) is 10.8. The van der Waals surface area contributed by atoms with Crippen LogP contribution < -0.4 is 0 Å². The Hall–Kier alpha value is -1.56. The van der Waals surface area contributed by atoms with Crippen LogP contribution in [0.4, 0.5) is 0 Å². The standard InChI is InChI=1S/C18H20/c1-14-11-18(12-15-7-5-4-6-8-15)10-9-17(2,3)13-16(14)18/h4-10,13H,1,11-12H2,2-3H3. The minimum atomic E-state index is 0.179. The Morgan fingerprint density at radius 1 is 1.11 bits per heavy atom. The molecule has 0 amide bonds. The van der Waals surface area contributed by atoms with Crippen LogP contribution >= 0.6 is 0 Å². The number of allylic oxidation sites excluding steroid dienone is 5. The molecule has 0 bridgehead atoms. The smallest absolute Gasteiger partial charge is 0.0212 e. The van der Waals surface area contributed by atoms with Gasteiger partial charge < -0.3 is 0 Å². The van der Waals surface area contributed by atoms with E-state index in [2.05, 4.69) is 69.0 Å². The Kier molecular flexibility index (Phi) is 2.38. The Labute approximate surface area is 110 Å². The van der Waals surface area contributed by atoms with Crippen LogP contribution in [0.5, 0.6) is 0 Å². The van der Waals surface area contributed by atoms with E-state index < -0.39 is 0 Å². The van der Waals surface area contributed by atoms with Gasteiger partial charge in [0.15, 0.2) is 0 Å². The fourth-order valence-corrected chi connectivity index (χ4v) is 3.18. The first kappa shape index (κ1) is 11.5. The third-order valence-electron chi connectivity index (χ3n) is 4.16. The Balaban J connectivity index is 1.93. The zero-order valence-electron chi connectivity index (χ0n) is 11.2. The zero-order valence-corrected chi connectivity index (χ0v) is 11.2. The van der Waals surface area contributed by atoms with Crippen molar-refractivity contribution in [1.29, 1.82) is 0 Å². The van der Waals surface area contributed by atoms with Gasteiger partial charge in [0, 0.05) is 10.8 Å². The summed E-state index contributed by atoms with van der Waals surface area (Å²) in [5.41, 5.74) is 4.62. The highest BCUT2D eigenvalue weighted by Gasteiger charge is 2.45. The Morgan fingerprint density at radius 2 is 1.83 bits per heavy atom. The van der Waals surface area contributed by atoms with Crippen molar-refractivity contribution < 1.29 is 0 Å². The molecule has 0 N–H and O–H groups in total. The normalized spacial score (nSPS) is 28.3. The van der Waals surface area contributed by atoms with Gasteiger partial charge >= 0.3 is 0 Å². The quantitative estimate of drug-likeness (QED) is 0.653. The second-order valence-corrected chi connectivity index (χ2v) is 6.31. The summed E-state index contributed by atoms with van der Waals surface area (Å²) in [5, 5.41) is 0. The van der Waals surface area contributed by atoms with Crippen molar-refractivity contribution in [2.24, 2.45) is 10.8 Å². The highest BCUT2D eigenvalue weighted by atomic mass is 14.5. The van der Waals surface area contributed by atoms with E-state index in [0.717, 1.165) is 12.8 Å². The van der Waals surface area contributed by atoms with Crippen molar-refractivity contribution in [2.45, 2.75) is 26.7 Å². The molecule has 0 heterocycles. The van der Waals surface area contributed by atoms with Crippen molar-refractivity contribution in [3.8, 4) is 0 Å².